The van der Waals surface area contributed by atoms with Crippen LogP contribution in [0.2, 0.25) is 5.02 Å². The number of ether oxygens (including phenoxy) is 2. The highest BCUT2D eigenvalue weighted by molar-refractivity contribution is 9.10. The van der Waals surface area contributed by atoms with Crippen LogP contribution in [0.25, 0.3) is 0 Å². The van der Waals surface area contributed by atoms with Gasteiger partial charge < -0.3 is 19.3 Å². The normalized spacial score (nSPS) is 13.2. The van der Waals surface area contributed by atoms with Gasteiger partial charge in [-0.25, -0.2) is 4.39 Å². The minimum atomic E-state index is -0.528. The lowest BCUT2D eigenvalue weighted by Gasteiger charge is -2.27. The van der Waals surface area contributed by atoms with Crippen LogP contribution in [-0.2, 0) is 11.3 Å². The summed E-state index contributed by atoms with van der Waals surface area (Å²) in [5.74, 6) is 0.816. The van der Waals surface area contributed by atoms with E-state index in [1.54, 1.807) is 30.1 Å². The average molecular weight is 618 g/mol. The van der Waals surface area contributed by atoms with Crippen molar-refractivity contribution in [3.63, 3.8) is 0 Å². The van der Waals surface area contributed by atoms with Gasteiger partial charge in [0.05, 0.1) is 5.02 Å². The molecule has 1 aliphatic rings. The molecular formula is C30H31BrClFN2O4. The monoisotopic (exact) mass is 616 g/mol. The highest BCUT2D eigenvalue weighted by Gasteiger charge is 2.20. The predicted molar refractivity (Wildman–Crippen MR) is 153 cm³/mol. The summed E-state index contributed by atoms with van der Waals surface area (Å²) in [6.07, 6.45) is 3.22. The summed E-state index contributed by atoms with van der Waals surface area (Å²) in [4.78, 5) is 29.4. The third kappa shape index (κ3) is 7.31. The maximum atomic E-state index is 13.6. The zero-order chi connectivity index (χ0) is 28.1. The van der Waals surface area contributed by atoms with Gasteiger partial charge in [-0.15, -0.1) is 0 Å². The van der Waals surface area contributed by atoms with Gasteiger partial charge in [0.15, 0.2) is 6.61 Å². The first-order valence-electron chi connectivity index (χ1n) is 12.8. The van der Waals surface area contributed by atoms with Gasteiger partial charge >= 0.3 is 0 Å². The summed E-state index contributed by atoms with van der Waals surface area (Å²) in [5.41, 5.74) is 2.87. The maximum Gasteiger partial charge on any atom is 0.260 e. The van der Waals surface area contributed by atoms with Crippen LogP contribution >= 0.6 is 27.5 Å². The van der Waals surface area contributed by atoms with Crippen molar-refractivity contribution in [2.24, 2.45) is 0 Å². The topological polar surface area (TPSA) is 59.1 Å². The van der Waals surface area contributed by atoms with E-state index in [-0.39, 0.29) is 30.0 Å². The SMILES string of the molecule is Cc1cc(C(=O)N(C)Cc2ccc(Br)cc2Oc2ccc(F)c(Cl)c2)cc(C)c1OCC(=O)N1CCCCC1. The summed E-state index contributed by atoms with van der Waals surface area (Å²) in [6.45, 7) is 5.57. The molecule has 0 saturated carbocycles. The van der Waals surface area contributed by atoms with Gasteiger partial charge in [-0.1, -0.05) is 33.6 Å². The van der Waals surface area contributed by atoms with Gasteiger partial charge in [-0.2, -0.15) is 0 Å². The molecule has 0 N–H and O–H groups in total. The molecular weight excluding hydrogens is 587 g/mol. The number of likely N-dealkylation sites (tertiary alicyclic amines) is 1. The average Bonchev–Trinajstić information content (AvgIpc) is 2.91. The predicted octanol–water partition coefficient (Wildman–Crippen LogP) is 7.31. The molecule has 1 aliphatic heterocycles. The third-order valence-electron chi connectivity index (χ3n) is 6.66. The fraction of sp³-hybridized carbons (Fsp3) is 0.333. The minimum Gasteiger partial charge on any atom is -0.483 e. The van der Waals surface area contributed by atoms with Gasteiger partial charge in [0, 0.05) is 48.3 Å². The molecule has 0 unspecified atom stereocenters. The van der Waals surface area contributed by atoms with Gasteiger partial charge in [-0.3, -0.25) is 9.59 Å². The number of carbonyl (C=O) groups excluding carboxylic acids is 2. The van der Waals surface area contributed by atoms with E-state index in [9.17, 15) is 14.0 Å². The Balaban J connectivity index is 1.45. The van der Waals surface area contributed by atoms with Gasteiger partial charge in [0.25, 0.3) is 11.8 Å². The minimum absolute atomic E-state index is 0.0104. The molecule has 2 amide bonds. The molecule has 0 radical (unpaired) electrons. The molecule has 1 fully saturated rings. The summed E-state index contributed by atoms with van der Waals surface area (Å²) in [6, 6.07) is 13.2. The van der Waals surface area contributed by atoms with Gasteiger partial charge in [0.2, 0.25) is 0 Å². The van der Waals surface area contributed by atoms with Crippen LogP contribution in [-0.4, -0.2) is 48.4 Å². The Labute approximate surface area is 241 Å². The number of carbonyl (C=O) groups is 2. The van der Waals surface area contributed by atoms with Crippen LogP contribution in [0.1, 0.15) is 46.3 Å². The van der Waals surface area contributed by atoms with Crippen molar-refractivity contribution in [2.45, 2.75) is 39.7 Å². The van der Waals surface area contributed by atoms with Crippen LogP contribution in [0.4, 0.5) is 4.39 Å². The number of halogens is 3. The molecule has 4 rings (SSSR count). The van der Waals surface area contributed by atoms with Crippen LogP contribution < -0.4 is 9.47 Å². The third-order valence-corrected chi connectivity index (χ3v) is 7.44. The number of hydrogen-bond acceptors (Lipinski definition) is 4. The van der Waals surface area contributed by atoms with Crippen molar-refractivity contribution in [2.75, 3.05) is 26.7 Å². The number of benzene rings is 3. The molecule has 6 nitrogen and oxygen atoms in total. The second-order valence-corrected chi connectivity index (χ2v) is 11.1. The van der Waals surface area contributed by atoms with Crippen molar-refractivity contribution < 1.29 is 23.5 Å². The van der Waals surface area contributed by atoms with Crippen molar-refractivity contribution >= 4 is 39.3 Å². The molecule has 0 aromatic heterocycles. The first-order valence-corrected chi connectivity index (χ1v) is 14.0. The number of hydrogen-bond donors (Lipinski definition) is 0. The Morgan fingerprint density at radius 2 is 1.72 bits per heavy atom. The standard InChI is InChI=1S/C30H31BrClFN2O4/c1-19-13-22(14-20(2)29(19)38-18-28(36)35-11-5-4-6-12-35)30(37)34(3)17-21-7-8-23(31)15-27(21)39-24-9-10-26(33)25(32)16-24/h7-10,13-16H,4-6,11-12,17-18H2,1-3H3. The quantitative estimate of drug-likeness (QED) is 0.266. The second kappa shape index (κ2) is 12.8. The Kier molecular flexibility index (Phi) is 9.51. The number of aryl methyl sites for hydroxylation is 2. The maximum absolute atomic E-state index is 13.6. The molecule has 1 heterocycles. The van der Waals surface area contributed by atoms with E-state index in [2.05, 4.69) is 15.9 Å². The number of rotatable bonds is 8. The largest absolute Gasteiger partial charge is 0.483 e. The summed E-state index contributed by atoms with van der Waals surface area (Å²) in [5, 5.41) is -0.0367. The highest BCUT2D eigenvalue weighted by atomic mass is 79.9. The zero-order valence-corrected chi connectivity index (χ0v) is 24.6. The Morgan fingerprint density at radius 3 is 2.38 bits per heavy atom. The summed E-state index contributed by atoms with van der Waals surface area (Å²) in [7, 11) is 1.72. The van der Waals surface area contributed by atoms with Crippen LogP contribution in [0.5, 0.6) is 17.2 Å². The summed E-state index contributed by atoms with van der Waals surface area (Å²) >= 11 is 9.36. The molecule has 1 saturated heterocycles. The number of amides is 2. The molecule has 9 heteroatoms. The molecule has 0 spiro atoms. The van der Waals surface area contributed by atoms with Crippen LogP contribution in [0, 0.1) is 19.7 Å². The lowest BCUT2D eigenvalue weighted by molar-refractivity contribution is -0.134. The fourth-order valence-corrected chi connectivity index (χ4v) is 5.15. The van der Waals surface area contributed by atoms with E-state index >= 15 is 0 Å². The smallest absolute Gasteiger partial charge is 0.260 e. The van der Waals surface area contributed by atoms with E-state index in [1.807, 2.05) is 30.9 Å². The summed E-state index contributed by atoms with van der Waals surface area (Å²) < 4.78 is 26.3. The second-order valence-electron chi connectivity index (χ2n) is 9.76. The molecule has 3 aromatic carbocycles. The van der Waals surface area contributed by atoms with E-state index in [0.717, 1.165) is 53.5 Å². The van der Waals surface area contributed by atoms with Crippen molar-refractivity contribution in [3.8, 4) is 17.2 Å². The van der Waals surface area contributed by atoms with Gasteiger partial charge in [-0.05, 0) is 80.6 Å². The lowest BCUT2D eigenvalue weighted by atomic mass is 10.0. The molecule has 0 aliphatic carbocycles. The highest BCUT2D eigenvalue weighted by Crippen LogP contribution is 2.32. The van der Waals surface area contributed by atoms with E-state index < -0.39 is 5.82 Å². The van der Waals surface area contributed by atoms with E-state index in [4.69, 9.17) is 21.1 Å². The van der Waals surface area contributed by atoms with E-state index in [1.165, 1.54) is 18.2 Å². The van der Waals surface area contributed by atoms with Gasteiger partial charge in [0.1, 0.15) is 23.1 Å². The Hall–Kier alpha value is -3.10. The van der Waals surface area contributed by atoms with Crippen LogP contribution in [0.3, 0.4) is 0 Å². The van der Waals surface area contributed by atoms with Crippen molar-refractivity contribution in [1.82, 2.24) is 9.80 Å². The van der Waals surface area contributed by atoms with Crippen molar-refractivity contribution in [1.29, 1.82) is 0 Å². The lowest BCUT2D eigenvalue weighted by Crippen LogP contribution is -2.38. The zero-order valence-electron chi connectivity index (χ0n) is 22.2. The Morgan fingerprint density at radius 1 is 1.03 bits per heavy atom. The molecule has 3 aromatic rings. The Bertz CT molecular complexity index is 1350. The molecule has 0 bridgehead atoms. The van der Waals surface area contributed by atoms with Crippen molar-refractivity contribution in [3.05, 3.63) is 86.1 Å². The first-order chi connectivity index (χ1) is 18.6. The first kappa shape index (κ1) is 28.9. The molecule has 0 atom stereocenters. The molecule has 39 heavy (non-hydrogen) atoms. The molecule has 206 valence electrons. The van der Waals surface area contributed by atoms with E-state index in [0.29, 0.717) is 22.8 Å². The number of piperidine rings is 1. The van der Waals surface area contributed by atoms with Crippen LogP contribution in [0.15, 0.2) is 53.0 Å². The fourth-order valence-electron chi connectivity index (χ4n) is 4.64. The number of nitrogens with zero attached hydrogens (tertiary/aromatic N) is 2.